The van der Waals surface area contributed by atoms with Crippen LogP contribution in [0.15, 0.2) is 42.5 Å². The molecule has 0 radical (unpaired) electrons. The van der Waals surface area contributed by atoms with Crippen molar-refractivity contribution in [1.82, 2.24) is 20.2 Å². The molecule has 0 fully saturated rings. The van der Waals surface area contributed by atoms with E-state index in [9.17, 15) is 0 Å². The number of unbranched alkanes of at least 4 members (excludes halogenated alkanes) is 1. The molecule has 0 unspecified atom stereocenters. The second kappa shape index (κ2) is 9.58. The zero-order chi connectivity index (χ0) is 19.1. The van der Waals surface area contributed by atoms with Crippen LogP contribution in [0, 0.1) is 0 Å². The second-order valence-corrected chi connectivity index (χ2v) is 6.91. The summed E-state index contributed by atoms with van der Waals surface area (Å²) in [6.45, 7) is 3.82. The number of hydrogen-bond donors (Lipinski definition) is 1. The van der Waals surface area contributed by atoms with Crippen molar-refractivity contribution in [3.63, 3.8) is 0 Å². The number of hydrogen-bond acceptors (Lipinski definition) is 5. The van der Waals surface area contributed by atoms with Crippen molar-refractivity contribution in [2.75, 3.05) is 5.32 Å². The average molecular weight is 406 g/mol. The Balaban J connectivity index is 1.63. The van der Waals surface area contributed by atoms with E-state index in [0.29, 0.717) is 34.9 Å². The molecule has 0 atom stereocenters. The second-order valence-electron chi connectivity index (χ2n) is 6.10. The summed E-state index contributed by atoms with van der Waals surface area (Å²) in [6.07, 6.45) is 2.10. The number of halogens is 2. The molecule has 0 aliphatic carbocycles. The molecule has 3 aromatic rings. The highest BCUT2D eigenvalue weighted by Gasteiger charge is 2.11. The first-order valence-electron chi connectivity index (χ1n) is 8.82. The van der Waals surface area contributed by atoms with Gasteiger partial charge in [0.15, 0.2) is 5.75 Å². The third-order valence-electron chi connectivity index (χ3n) is 3.99. The Hall–Kier alpha value is -2.31. The molecule has 8 heteroatoms. The van der Waals surface area contributed by atoms with Gasteiger partial charge in [-0.25, -0.2) is 4.68 Å². The summed E-state index contributed by atoms with van der Waals surface area (Å²) in [5, 5.41) is 15.9. The zero-order valence-electron chi connectivity index (χ0n) is 15.0. The predicted octanol–water partition coefficient (Wildman–Crippen LogP) is 4.97. The van der Waals surface area contributed by atoms with Gasteiger partial charge in [-0.15, -0.1) is 0 Å². The third-order valence-corrected chi connectivity index (χ3v) is 4.55. The minimum Gasteiger partial charge on any atom is -0.486 e. The van der Waals surface area contributed by atoms with E-state index in [4.69, 9.17) is 27.9 Å². The van der Waals surface area contributed by atoms with Crippen molar-refractivity contribution in [1.29, 1.82) is 0 Å². The van der Waals surface area contributed by atoms with Gasteiger partial charge in [0, 0.05) is 13.1 Å². The van der Waals surface area contributed by atoms with Crippen molar-refractivity contribution < 1.29 is 4.74 Å². The van der Waals surface area contributed by atoms with E-state index in [1.54, 1.807) is 4.68 Å². The van der Waals surface area contributed by atoms with E-state index in [2.05, 4.69) is 27.8 Å². The van der Waals surface area contributed by atoms with Gasteiger partial charge in [0.25, 0.3) is 0 Å². The summed E-state index contributed by atoms with van der Waals surface area (Å²) < 4.78 is 7.56. The number of aromatic nitrogens is 4. The number of ether oxygens (including phenoxy) is 1. The maximum absolute atomic E-state index is 6.38. The lowest BCUT2D eigenvalue weighted by atomic mass is 10.2. The molecule has 0 aliphatic heterocycles. The van der Waals surface area contributed by atoms with Crippen LogP contribution in [0.4, 0.5) is 5.95 Å². The van der Waals surface area contributed by atoms with Gasteiger partial charge in [-0.2, -0.15) is 0 Å². The Bertz CT molecular complexity index is 847. The number of nitrogens with one attached hydrogen (secondary N) is 1. The lowest BCUT2D eigenvalue weighted by molar-refractivity contribution is 0.306. The molecule has 6 nitrogen and oxygen atoms in total. The number of benzene rings is 2. The number of tetrazole rings is 1. The summed E-state index contributed by atoms with van der Waals surface area (Å²) in [5.74, 6) is 1.11. The summed E-state index contributed by atoms with van der Waals surface area (Å²) in [5.41, 5.74) is 1.97. The van der Waals surface area contributed by atoms with Crippen LogP contribution >= 0.6 is 23.2 Å². The minimum absolute atomic E-state index is 0.407. The highest BCUT2D eigenvalue weighted by molar-refractivity contribution is 6.37. The SMILES string of the molecule is CCCCn1nnnc1NCc1cc(Cl)c(OCc2ccccc2)c(Cl)c1. The van der Waals surface area contributed by atoms with E-state index in [0.717, 1.165) is 30.5 Å². The van der Waals surface area contributed by atoms with Gasteiger partial charge in [-0.1, -0.05) is 72.0 Å². The zero-order valence-corrected chi connectivity index (χ0v) is 16.5. The average Bonchev–Trinajstić information content (AvgIpc) is 3.12. The van der Waals surface area contributed by atoms with Gasteiger partial charge < -0.3 is 10.1 Å². The fraction of sp³-hybridized carbons (Fsp3) is 0.316. The van der Waals surface area contributed by atoms with E-state index in [1.165, 1.54) is 0 Å². The molecule has 0 saturated heterocycles. The van der Waals surface area contributed by atoms with Crippen molar-refractivity contribution in [3.05, 3.63) is 63.6 Å². The van der Waals surface area contributed by atoms with Crippen LogP contribution in [0.2, 0.25) is 10.0 Å². The fourth-order valence-corrected chi connectivity index (χ4v) is 3.19. The van der Waals surface area contributed by atoms with Crippen molar-refractivity contribution >= 4 is 29.2 Å². The first-order valence-corrected chi connectivity index (χ1v) is 9.57. The topological polar surface area (TPSA) is 64.9 Å². The summed E-state index contributed by atoms with van der Waals surface area (Å²) in [6, 6.07) is 13.5. The summed E-state index contributed by atoms with van der Waals surface area (Å²) >= 11 is 12.8. The predicted molar refractivity (Wildman–Crippen MR) is 107 cm³/mol. The van der Waals surface area contributed by atoms with Crippen LogP contribution in [-0.2, 0) is 19.7 Å². The van der Waals surface area contributed by atoms with Gasteiger partial charge in [0.1, 0.15) is 6.61 Å². The molecule has 27 heavy (non-hydrogen) atoms. The maximum Gasteiger partial charge on any atom is 0.243 e. The molecule has 1 aromatic heterocycles. The lowest BCUT2D eigenvalue weighted by Gasteiger charge is -2.13. The monoisotopic (exact) mass is 405 g/mol. The van der Waals surface area contributed by atoms with Crippen molar-refractivity contribution in [2.24, 2.45) is 0 Å². The highest BCUT2D eigenvalue weighted by atomic mass is 35.5. The van der Waals surface area contributed by atoms with E-state index >= 15 is 0 Å². The van der Waals surface area contributed by atoms with Crippen LogP contribution in [0.25, 0.3) is 0 Å². The van der Waals surface area contributed by atoms with Crippen LogP contribution in [-0.4, -0.2) is 20.2 Å². The molecule has 1 heterocycles. The molecule has 3 rings (SSSR count). The number of rotatable bonds is 9. The van der Waals surface area contributed by atoms with Crippen LogP contribution in [0.5, 0.6) is 5.75 Å². The van der Waals surface area contributed by atoms with Crippen LogP contribution in [0.1, 0.15) is 30.9 Å². The molecule has 2 aromatic carbocycles. The lowest BCUT2D eigenvalue weighted by Crippen LogP contribution is -2.09. The molecular weight excluding hydrogens is 385 g/mol. The Kier molecular flexibility index (Phi) is 6.90. The molecule has 0 amide bonds. The highest BCUT2D eigenvalue weighted by Crippen LogP contribution is 2.35. The molecule has 142 valence electrons. The molecule has 0 saturated carbocycles. The van der Waals surface area contributed by atoms with Crippen molar-refractivity contribution in [2.45, 2.75) is 39.5 Å². The molecule has 1 N–H and O–H groups in total. The number of nitrogens with zero attached hydrogens (tertiary/aromatic N) is 4. The standard InChI is InChI=1S/C19H21Cl2N5O/c1-2-3-9-26-19(23-24-25-26)22-12-15-10-16(20)18(17(21)11-15)27-13-14-7-5-4-6-8-14/h4-8,10-11H,2-3,9,12-13H2,1H3,(H,22,23,25). The Labute approximate surface area is 168 Å². The van der Waals surface area contributed by atoms with Gasteiger partial charge >= 0.3 is 0 Å². The van der Waals surface area contributed by atoms with E-state index in [-0.39, 0.29) is 0 Å². The number of anilines is 1. The van der Waals surface area contributed by atoms with E-state index < -0.39 is 0 Å². The fourth-order valence-electron chi connectivity index (χ4n) is 2.55. The Morgan fingerprint density at radius 2 is 1.81 bits per heavy atom. The molecule has 0 aliphatic rings. The smallest absolute Gasteiger partial charge is 0.243 e. The van der Waals surface area contributed by atoms with Gasteiger partial charge in [-0.3, -0.25) is 0 Å². The largest absolute Gasteiger partial charge is 0.486 e. The maximum atomic E-state index is 6.38. The quantitative estimate of drug-likeness (QED) is 0.544. The summed E-state index contributed by atoms with van der Waals surface area (Å²) in [7, 11) is 0. The van der Waals surface area contributed by atoms with Gasteiger partial charge in [0.05, 0.1) is 10.0 Å². The van der Waals surface area contributed by atoms with Crippen molar-refractivity contribution in [3.8, 4) is 5.75 Å². The van der Waals surface area contributed by atoms with Gasteiger partial charge in [-0.05, 0) is 40.1 Å². The minimum atomic E-state index is 0.407. The van der Waals surface area contributed by atoms with Crippen LogP contribution in [0.3, 0.4) is 0 Å². The summed E-state index contributed by atoms with van der Waals surface area (Å²) in [4.78, 5) is 0. The molecular formula is C19H21Cl2N5O. The van der Waals surface area contributed by atoms with E-state index in [1.807, 2.05) is 42.5 Å². The third kappa shape index (κ3) is 5.34. The number of aryl methyl sites for hydroxylation is 1. The Morgan fingerprint density at radius 1 is 1.07 bits per heavy atom. The first-order chi connectivity index (χ1) is 13.2. The molecule has 0 spiro atoms. The molecule has 0 bridgehead atoms. The van der Waals surface area contributed by atoms with Gasteiger partial charge in [0.2, 0.25) is 5.95 Å². The van der Waals surface area contributed by atoms with Crippen LogP contribution < -0.4 is 10.1 Å². The normalized spacial score (nSPS) is 10.8. The Morgan fingerprint density at radius 3 is 2.52 bits per heavy atom. The first kappa shape index (κ1) is 19.5.